The van der Waals surface area contributed by atoms with Gasteiger partial charge in [0.15, 0.2) is 5.65 Å². The second kappa shape index (κ2) is 6.71. The minimum absolute atomic E-state index is 0.250. The van der Waals surface area contributed by atoms with Gasteiger partial charge in [0.05, 0.1) is 25.2 Å². The van der Waals surface area contributed by atoms with Gasteiger partial charge in [0.2, 0.25) is 0 Å². The molecule has 0 aliphatic heterocycles. The summed E-state index contributed by atoms with van der Waals surface area (Å²) in [5.74, 6) is 0.762. The van der Waals surface area contributed by atoms with Crippen molar-refractivity contribution in [2.24, 2.45) is 0 Å². The summed E-state index contributed by atoms with van der Waals surface area (Å²) in [6.45, 7) is -0.250. The van der Waals surface area contributed by atoms with Gasteiger partial charge in [-0.25, -0.2) is 4.98 Å². The highest BCUT2D eigenvalue weighted by Gasteiger charge is 2.11. The van der Waals surface area contributed by atoms with Gasteiger partial charge in [-0.2, -0.15) is 0 Å². The number of fused-ring (bicyclic) bond motifs is 1. The summed E-state index contributed by atoms with van der Waals surface area (Å²) < 4.78 is 7.30. The molecule has 3 rings (SSSR count). The molecule has 0 atom stereocenters. The number of hydrogen-bond acceptors (Lipinski definition) is 4. The third-order valence-corrected chi connectivity index (χ3v) is 2.99. The van der Waals surface area contributed by atoms with E-state index in [1.54, 1.807) is 31.8 Å². The van der Waals surface area contributed by atoms with E-state index in [4.69, 9.17) is 26.2 Å². The molecule has 0 aliphatic rings. The van der Waals surface area contributed by atoms with Gasteiger partial charge < -0.3 is 9.84 Å². The Hall–Kier alpha value is -2.60. The van der Waals surface area contributed by atoms with Gasteiger partial charge in [-0.3, -0.25) is 14.2 Å². The largest absolute Gasteiger partial charge is 0.496 e. The van der Waals surface area contributed by atoms with Crippen LogP contribution in [0.15, 0.2) is 43.0 Å². The highest BCUT2D eigenvalue weighted by Crippen LogP contribution is 2.32. The molecule has 6 nitrogen and oxygen atoms in total. The number of carbonyl (C=O) groups is 1. The Morgan fingerprint density at radius 1 is 1.38 bits per heavy atom. The van der Waals surface area contributed by atoms with E-state index in [1.807, 2.05) is 22.7 Å². The van der Waals surface area contributed by atoms with Crippen LogP contribution in [-0.4, -0.2) is 33.1 Å². The molecular formula is C14H12ClN3O3. The maximum atomic E-state index is 8.36. The van der Waals surface area contributed by atoms with Crippen molar-refractivity contribution in [1.29, 1.82) is 0 Å². The van der Waals surface area contributed by atoms with Gasteiger partial charge in [-0.1, -0.05) is 11.6 Å². The fraction of sp³-hybridized carbons (Fsp3) is 0.0714. The van der Waals surface area contributed by atoms with Gasteiger partial charge in [0.25, 0.3) is 6.47 Å². The third-order valence-electron chi connectivity index (χ3n) is 2.75. The molecule has 0 unspecified atom stereocenters. The van der Waals surface area contributed by atoms with Crippen molar-refractivity contribution in [2.45, 2.75) is 0 Å². The Morgan fingerprint density at radius 2 is 2.14 bits per heavy atom. The first kappa shape index (κ1) is 14.8. The quantitative estimate of drug-likeness (QED) is 0.737. The number of aromatic nitrogens is 3. The molecule has 2 aromatic heterocycles. The first-order valence-corrected chi connectivity index (χ1v) is 6.28. The monoisotopic (exact) mass is 305 g/mol. The van der Waals surface area contributed by atoms with Gasteiger partial charge >= 0.3 is 0 Å². The van der Waals surface area contributed by atoms with Gasteiger partial charge in [0.1, 0.15) is 5.75 Å². The molecule has 108 valence electrons. The lowest BCUT2D eigenvalue weighted by Gasteiger charge is -2.08. The second-order valence-electron chi connectivity index (χ2n) is 3.90. The Labute approximate surface area is 125 Å². The minimum atomic E-state index is -0.250. The molecule has 1 N–H and O–H groups in total. The van der Waals surface area contributed by atoms with E-state index in [-0.39, 0.29) is 6.47 Å². The van der Waals surface area contributed by atoms with E-state index in [0.717, 1.165) is 22.7 Å². The van der Waals surface area contributed by atoms with E-state index >= 15 is 0 Å². The molecule has 0 radical (unpaired) electrons. The van der Waals surface area contributed by atoms with Crippen molar-refractivity contribution < 1.29 is 14.6 Å². The number of imidazole rings is 1. The maximum absolute atomic E-state index is 8.36. The molecule has 3 aromatic rings. The molecule has 0 bridgehead atoms. The lowest BCUT2D eigenvalue weighted by Crippen LogP contribution is -1.92. The van der Waals surface area contributed by atoms with Crippen molar-refractivity contribution in [2.75, 3.05) is 7.11 Å². The number of rotatable bonds is 2. The normalized spacial score (nSPS) is 9.81. The maximum Gasteiger partial charge on any atom is 0.290 e. The highest BCUT2D eigenvalue weighted by atomic mass is 35.5. The summed E-state index contributed by atoms with van der Waals surface area (Å²) in [6.07, 6.45) is 7.07. The minimum Gasteiger partial charge on any atom is -0.496 e. The molecule has 1 aromatic carbocycles. The Kier molecular flexibility index (Phi) is 4.73. The predicted molar refractivity (Wildman–Crippen MR) is 78.7 cm³/mol. The number of benzene rings is 1. The molecule has 0 fully saturated rings. The smallest absolute Gasteiger partial charge is 0.290 e. The molecule has 0 spiro atoms. The highest BCUT2D eigenvalue weighted by molar-refractivity contribution is 6.30. The third kappa shape index (κ3) is 3.11. The van der Waals surface area contributed by atoms with Crippen LogP contribution in [0.1, 0.15) is 0 Å². The van der Waals surface area contributed by atoms with E-state index in [2.05, 4.69) is 9.97 Å². The molecule has 0 amide bonds. The van der Waals surface area contributed by atoms with Crippen molar-refractivity contribution in [1.82, 2.24) is 14.4 Å². The number of methoxy groups -OCH3 is 1. The topological polar surface area (TPSA) is 76.7 Å². The van der Waals surface area contributed by atoms with Crippen molar-refractivity contribution in [3.8, 4) is 17.0 Å². The Bertz CT molecular complexity index is 758. The zero-order chi connectivity index (χ0) is 15.2. The van der Waals surface area contributed by atoms with E-state index < -0.39 is 0 Å². The number of nitrogens with zero attached hydrogens (tertiary/aromatic N) is 3. The van der Waals surface area contributed by atoms with E-state index in [1.165, 1.54) is 0 Å². The molecule has 7 heteroatoms. The summed E-state index contributed by atoms with van der Waals surface area (Å²) in [5, 5.41) is 7.55. The van der Waals surface area contributed by atoms with Gasteiger partial charge in [0, 0.05) is 23.0 Å². The van der Waals surface area contributed by atoms with Crippen LogP contribution in [0.4, 0.5) is 0 Å². The van der Waals surface area contributed by atoms with Crippen LogP contribution < -0.4 is 4.74 Å². The number of halogens is 1. The molecule has 21 heavy (non-hydrogen) atoms. The summed E-state index contributed by atoms with van der Waals surface area (Å²) in [5.41, 5.74) is 2.62. The number of hydrogen-bond donors (Lipinski definition) is 1. The SMILES string of the molecule is COc1ccc(Cl)cc1-c1cnc2cnccn12.O=CO. The molecular weight excluding hydrogens is 294 g/mol. The van der Waals surface area contributed by atoms with Crippen LogP contribution in [0.3, 0.4) is 0 Å². The zero-order valence-electron chi connectivity index (χ0n) is 11.1. The summed E-state index contributed by atoms with van der Waals surface area (Å²) >= 11 is 6.04. The average molecular weight is 306 g/mol. The van der Waals surface area contributed by atoms with E-state index in [0.29, 0.717) is 5.02 Å². The van der Waals surface area contributed by atoms with E-state index in [9.17, 15) is 0 Å². The fourth-order valence-corrected chi connectivity index (χ4v) is 2.09. The standard InChI is InChI=1S/C13H10ClN3O.CH2O2/c1-18-12-3-2-9(14)6-10(12)11-7-16-13-8-15-4-5-17(11)13;2-1-3/h2-8H,1H3;1H,(H,2,3). The molecule has 0 aliphatic carbocycles. The van der Waals surface area contributed by atoms with Crippen LogP contribution in [0.2, 0.25) is 5.02 Å². The average Bonchev–Trinajstić information content (AvgIpc) is 2.92. The predicted octanol–water partition coefficient (Wildman–Crippen LogP) is 2.76. The Balaban J connectivity index is 0.000000497. The lowest BCUT2D eigenvalue weighted by atomic mass is 10.1. The summed E-state index contributed by atoms with van der Waals surface area (Å²) in [6, 6.07) is 5.51. The van der Waals surface area contributed by atoms with Gasteiger partial charge in [-0.05, 0) is 18.2 Å². The van der Waals surface area contributed by atoms with Crippen LogP contribution in [-0.2, 0) is 4.79 Å². The van der Waals surface area contributed by atoms with Gasteiger partial charge in [-0.15, -0.1) is 0 Å². The summed E-state index contributed by atoms with van der Waals surface area (Å²) in [4.78, 5) is 16.7. The first-order chi connectivity index (χ1) is 10.2. The van der Waals surface area contributed by atoms with Crippen LogP contribution >= 0.6 is 11.6 Å². The second-order valence-corrected chi connectivity index (χ2v) is 4.33. The molecule has 0 saturated heterocycles. The summed E-state index contributed by atoms with van der Waals surface area (Å²) in [7, 11) is 1.64. The zero-order valence-corrected chi connectivity index (χ0v) is 11.9. The van der Waals surface area contributed by atoms with Crippen molar-refractivity contribution in [3.05, 3.63) is 48.0 Å². The van der Waals surface area contributed by atoms with Crippen LogP contribution in [0, 0.1) is 0 Å². The van der Waals surface area contributed by atoms with Crippen LogP contribution in [0.25, 0.3) is 16.9 Å². The van der Waals surface area contributed by atoms with Crippen molar-refractivity contribution in [3.63, 3.8) is 0 Å². The van der Waals surface area contributed by atoms with Crippen LogP contribution in [0.5, 0.6) is 5.75 Å². The van der Waals surface area contributed by atoms with Crippen molar-refractivity contribution >= 4 is 23.7 Å². The first-order valence-electron chi connectivity index (χ1n) is 5.90. The Morgan fingerprint density at radius 3 is 2.86 bits per heavy atom. The molecule has 2 heterocycles. The lowest BCUT2D eigenvalue weighted by molar-refractivity contribution is -0.122. The number of ether oxygens (including phenoxy) is 1. The fourth-order valence-electron chi connectivity index (χ4n) is 1.92. The molecule has 0 saturated carbocycles. The number of carboxylic acid groups (broad SMARTS) is 1.